The van der Waals surface area contributed by atoms with Gasteiger partial charge in [-0.2, -0.15) is 0 Å². The number of amides is 1. The number of benzene rings is 4. The van der Waals surface area contributed by atoms with Crippen LogP contribution in [0.3, 0.4) is 0 Å². The third kappa shape index (κ3) is 4.06. The molecule has 0 atom stereocenters. The van der Waals surface area contributed by atoms with Gasteiger partial charge in [-0.3, -0.25) is 9.10 Å². The number of rotatable bonds is 6. The number of carbonyl (C=O) groups is 1. The predicted octanol–water partition coefficient (Wildman–Crippen LogP) is 5.24. The van der Waals surface area contributed by atoms with Gasteiger partial charge in [-0.25, -0.2) is 13.4 Å². The molecule has 0 saturated carbocycles. The Kier molecular flexibility index (Phi) is 5.84. The first-order valence-corrected chi connectivity index (χ1v) is 13.5. The number of anilines is 2. The molecule has 6 rings (SSSR count). The molecule has 2 heterocycles. The Morgan fingerprint density at radius 3 is 2.58 bits per heavy atom. The van der Waals surface area contributed by atoms with Crippen molar-refractivity contribution in [2.45, 2.75) is 11.3 Å². The zero-order chi connectivity index (χ0) is 26.3. The molecular weight excluding hydrogens is 500 g/mol. The van der Waals surface area contributed by atoms with Crippen molar-refractivity contribution in [3.05, 3.63) is 102 Å². The maximum absolute atomic E-state index is 13.6. The van der Waals surface area contributed by atoms with E-state index in [1.165, 1.54) is 29.6 Å². The molecule has 0 aliphatic carbocycles. The van der Waals surface area contributed by atoms with E-state index in [0.717, 1.165) is 16.6 Å². The van der Waals surface area contributed by atoms with Gasteiger partial charge in [0.15, 0.2) is 0 Å². The summed E-state index contributed by atoms with van der Waals surface area (Å²) in [6, 6.07) is 26.8. The molecule has 8 nitrogen and oxygen atoms in total. The first-order chi connectivity index (χ1) is 18.5. The average Bonchev–Trinajstić information content (AvgIpc) is 3.58. The van der Waals surface area contributed by atoms with Crippen LogP contribution in [0.25, 0.3) is 22.4 Å². The normalized spacial score (nSPS) is 12.9. The number of imidazole rings is 1. The average molecular weight is 525 g/mol. The van der Waals surface area contributed by atoms with E-state index in [-0.39, 0.29) is 16.2 Å². The lowest BCUT2D eigenvalue weighted by atomic mass is 10.1. The smallest absolute Gasteiger partial charge is 0.264 e. The number of H-pyrrole nitrogens is 1. The lowest BCUT2D eigenvalue weighted by molar-refractivity contribution is 0.102. The second-order valence-corrected chi connectivity index (χ2v) is 10.8. The van der Waals surface area contributed by atoms with Crippen LogP contribution in [0.1, 0.15) is 15.9 Å². The number of hydrogen-bond acceptors (Lipinski definition) is 5. The highest BCUT2D eigenvalue weighted by Crippen LogP contribution is 2.34. The molecule has 190 valence electrons. The minimum atomic E-state index is -3.89. The van der Waals surface area contributed by atoms with Gasteiger partial charge in [0, 0.05) is 12.1 Å². The fourth-order valence-corrected chi connectivity index (χ4v) is 6.31. The summed E-state index contributed by atoms with van der Waals surface area (Å²) in [6.07, 6.45) is 0.636. The van der Waals surface area contributed by atoms with Gasteiger partial charge in [0.2, 0.25) is 0 Å². The van der Waals surface area contributed by atoms with Gasteiger partial charge < -0.3 is 15.0 Å². The van der Waals surface area contributed by atoms with Crippen molar-refractivity contribution in [1.82, 2.24) is 9.97 Å². The van der Waals surface area contributed by atoms with Crippen molar-refractivity contribution in [3.8, 4) is 17.1 Å². The molecule has 1 amide bonds. The Morgan fingerprint density at radius 2 is 1.74 bits per heavy atom. The number of ether oxygens (including phenoxy) is 1. The second-order valence-electron chi connectivity index (χ2n) is 8.92. The number of para-hydroxylation sites is 4. The molecule has 0 radical (unpaired) electrons. The number of methoxy groups -OCH3 is 1. The Bertz CT molecular complexity index is 1760. The number of sulfonamides is 1. The first-order valence-electron chi connectivity index (χ1n) is 12.1. The standard InChI is InChI=1S/C29H24N4O4S/c1-37-27-15-14-20(38(35,36)33-17-16-19-8-2-7-13-26(19)33)18-22(27)29(34)32-23-10-4-3-9-21(23)28-30-24-11-5-6-12-25(24)31-28/h2-15,18H,16-17H2,1H3,(H,30,31)(H,32,34). The molecule has 0 unspecified atom stereocenters. The third-order valence-electron chi connectivity index (χ3n) is 6.67. The Morgan fingerprint density at radius 1 is 0.974 bits per heavy atom. The van der Waals surface area contributed by atoms with Crippen LogP contribution in [0, 0.1) is 0 Å². The summed E-state index contributed by atoms with van der Waals surface area (Å²) in [7, 11) is -2.45. The Labute approximate surface area is 220 Å². The highest BCUT2D eigenvalue weighted by Gasteiger charge is 2.31. The Balaban J connectivity index is 1.35. The number of nitrogens with zero attached hydrogens (tertiary/aromatic N) is 2. The lowest BCUT2D eigenvalue weighted by Crippen LogP contribution is -2.29. The molecular formula is C29H24N4O4S. The van der Waals surface area contributed by atoms with E-state index in [0.29, 0.717) is 35.7 Å². The van der Waals surface area contributed by atoms with Crippen LogP contribution in [0.15, 0.2) is 95.9 Å². The molecule has 5 aromatic rings. The van der Waals surface area contributed by atoms with E-state index >= 15 is 0 Å². The van der Waals surface area contributed by atoms with Gasteiger partial charge in [-0.15, -0.1) is 0 Å². The summed E-state index contributed by atoms with van der Waals surface area (Å²) < 4.78 is 34.0. The van der Waals surface area contributed by atoms with Crippen molar-refractivity contribution in [3.63, 3.8) is 0 Å². The quantitative estimate of drug-likeness (QED) is 0.316. The minimum absolute atomic E-state index is 0.0192. The van der Waals surface area contributed by atoms with Crippen LogP contribution < -0.4 is 14.4 Å². The van der Waals surface area contributed by atoms with Crippen LogP contribution in [-0.2, 0) is 16.4 Å². The first kappa shape index (κ1) is 23.7. The molecule has 9 heteroatoms. The molecule has 0 bridgehead atoms. The van der Waals surface area contributed by atoms with E-state index in [1.54, 1.807) is 12.1 Å². The van der Waals surface area contributed by atoms with Gasteiger partial charge in [0.1, 0.15) is 11.6 Å². The number of carbonyl (C=O) groups excluding carboxylic acids is 1. The molecule has 38 heavy (non-hydrogen) atoms. The highest BCUT2D eigenvalue weighted by atomic mass is 32.2. The molecule has 0 fully saturated rings. The Hall–Kier alpha value is -4.63. The van der Waals surface area contributed by atoms with E-state index in [1.807, 2.05) is 60.7 Å². The SMILES string of the molecule is COc1ccc(S(=O)(=O)N2CCc3ccccc32)cc1C(=O)Nc1ccccc1-c1nc2ccccc2[nH]1. The number of aromatic amines is 1. The summed E-state index contributed by atoms with van der Waals surface area (Å²) in [5.74, 6) is 0.381. The molecule has 0 saturated heterocycles. The highest BCUT2D eigenvalue weighted by molar-refractivity contribution is 7.92. The maximum atomic E-state index is 13.6. The maximum Gasteiger partial charge on any atom is 0.264 e. The summed E-state index contributed by atoms with van der Waals surface area (Å²) >= 11 is 0. The zero-order valence-corrected chi connectivity index (χ0v) is 21.3. The van der Waals surface area contributed by atoms with Gasteiger partial charge in [-0.05, 0) is 60.5 Å². The van der Waals surface area contributed by atoms with Gasteiger partial charge in [-0.1, -0.05) is 42.5 Å². The van der Waals surface area contributed by atoms with Crippen LogP contribution >= 0.6 is 0 Å². The molecule has 2 N–H and O–H groups in total. The topological polar surface area (TPSA) is 104 Å². The van der Waals surface area contributed by atoms with Gasteiger partial charge in [0.05, 0.1) is 40.0 Å². The van der Waals surface area contributed by atoms with Gasteiger partial charge >= 0.3 is 0 Å². The van der Waals surface area contributed by atoms with Gasteiger partial charge in [0.25, 0.3) is 15.9 Å². The molecule has 1 aromatic heterocycles. The third-order valence-corrected chi connectivity index (χ3v) is 8.48. The van der Waals surface area contributed by atoms with E-state index in [4.69, 9.17) is 4.74 Å². The summed E-state index contributed by atoms with van der Waals surface area (Å²) in [4.78, 5) is 21.5. The zero-order valence-electron chi connectivity index (χ0n) is 20.5. The van der Waals surface area contributed by atoms with E-state index < -0.39 is 15.9 Å². The van der Waals surface area contributed by atoms with E-state index in [2.05, 4.69) is 15.3 Å². The number of hydrogen-bond donors (Lipinski definition) is 2. The van der Waals surface area contributed by atoms with Crippen LogP contribution in [0.2, 0.25) is 0 Å². The van der Waals surface area contributed by atoms with E-state index in [9.17, 15) is 13.2 Å². The lowest BCUT2D eigenvalue weighted by Gasteiger charge is -2.20. The van der Waals surface area contributed by atoms with Crippen molar-refractivity contribution in [2.24, 2.45) is 0 Å². The predicted molar refractivity (Wildman–Crippen MR) is 147 cm³/mol. The van der Waals surface area contributed by atoms with Crippen LogP contribution in [-0.4, -0.2) is 37.9 Å². The fraction of sp³-hybridized carbons (Fsp3) is 0.103. The number of nitrogens with one attached hydrogen (secondary N) is 2. The number of fused-ring (bicyclic) bond motifs is 2. The van der Waals surface area contributed by atoms with Crippen molar-refractivity contribution >= 4 is 38.3 Å². The summed E-state index contributed by atoms with van der Waals surface area (Å²) in [5, 5.41) is 2.92. The molecule has 0 spiro atoms. The minimum Gasteiger partial charge on any atom is -0.496 e. The fourth-order valence-electron chi connectivity index (χ4n) is 4.78. The van der Waals surface area contributed by atoms with Crippen molar-refractivity contribution < 1.29 is 17.9 Å². The molecule has 4 aromatic carbocycles. The number of aromatic nitrogens is 2. The molecule has 1 aliphatic rings. The van der Waals surface area contributed by atoms with Crippen molar-refractivity contribution in [1.29, 1.82) is 0 Å². The van der Waals surface area contributed by atoms with Crippen LogP contribution in [0.5, 0.6) is 5.75 Å². The molecule has 1 aliphatic heterocycles. The summed E-state index contributed by atoms with van der Waals surface area (Å²) in [6.45, 7) is 0.347. The van der Waals surface area contributed by atoms with Crippen molar-refractivity contribution in [2.75, 3.05) is 23.3 Å². The largest absolute Gasteiger partial charge is 0.496 e. The monoisotopic (exact) mass is 524 g/mol. The summed E-state index contributed by atoms with van der Waals surface area (Å²) in [5.41, 5.74) is 4.67. The van der Waals surface area contributed by atoms with Crippen LogP contribution in [0.4, 0.5) is 11.4 Å². The second kappa shape index (κ2) is 9.35.